The molecule has 0 aliphatic rings. The van der Waals surface area contributed by atoms with Crippen molar-refractivity contribution in [1.29, 1.82) is 0 Å². The second-order valence-corrected chi connectivity index (χ2v) is 4.51. The second kappa shape index (κ2) is 6.13. The van der Waals surface area contributed by atoms with Gasteiger partial charge in [0.05, 0.1) is 0 Å². The highest BCUT2D eigenvalue weighted by Gasteiger charge is 2.00. The van der Waals surface area contributed by atoms with Crippen molar-refractivity contribution in [2.24, 2.45) is 0 Å². The summed E-state index contributed by atoms with van der Waals surface area (Å²) < 4.78 is 0. The molecule has 5 heteroatoms. The fourth-order valence-corrected chi connectivity index (χ4v) is 1.72. The molecule has 2 aromatic rings. The summed E-state index contributed by atoms with van der Waals surface area (Å²) in [6.07, 6.45) is 3.49. The first-order chi connectivity index (χ1) is 9.19. The van der Waals surface area contributed by atoms with Crippen LogP contribution in [0.3, 0.4) is 0 Å². The maximum Gasteiger partial charge on any atom is 0.273 e. The van der Waals surface area contributed by atoms with Gasteiger partial charge in [-0.05, 0) is 37.5 Å². The molecule has 1 aromatic heterocycles. The van der Waals surface area contributed by atoms with Crippen LogP contribution in [-0.2, 0) is 6.42 Å². The number of aromatic amines is 1. The van der Waals surface area contributed by atoms with Crippen LogP contribution in [0.1, 0.15) is 31.0 Å². The monoisotopic (exact) mass is 258 g/mol. The molecular formula is C14H18N4O. The molecule has 0 fully saturated rings. The molecule has 1 heterocycles. The lowest BCUT2D eigenvalue weighted by atomic mass is 10.1. The van der Waals surface area contributed by atoms with Crippen molar-refractivity contribution in [2.45, 2.75) is 33.1 Å². The number of aryl methyl sites for hydroxylation is 2. The van der Waals surface area contributed by atoms with E-state index < -0.39 is 0 Å². The van der Waals surface area contributed by atoms with E-state index in [-0.39, 0.29) is 5.56 Å². The van der Waals surface area contributed by atoms with E-state index in [1.54, 1.807) is 6.92 Å². The van der Waals surface area contributed by atoms with E-state index in [0.717, 1.165) is 12.1 Å². The summed E-state index contributed by atoms with van der Waals surface area (Å²) in [6.45, 7) is 3.81. The highest BCUT2D eigenvalue weighted by Crippen LogP contribution is 2.14. The van der Waals surface area contributed by atoms with Gasteiger partial charge in [0.2, 0.25) is 5.95 Å². The molecule has 5 nitrogen and oxygen atoms in total. The van der Waals surface area contributed by atoms with Gasteiger partial charge in [0, 0.05) is 5.69 Å². The van der Waals surface area contributed by atoms with Crippen LogP contribution in [0.25, 0.3) is 0 Å². The van der Waals surface area contributed by atoms with E-state index in [2.05, 4.69) is 39.6 Å². The lowest BCUT2D eigenvalue weighted by Gasteiger charge is -2.06. The molecule has 19 heavy (non-hydrogen) atoms. The van der Waals surface area contributed by atoms with Gasteiger partial charge >= 0.3 is 0 Å². The van der Waals surface area contributed by atoms with E-state index in [4.69, 9.17) is 0 Å². The van der Waals surface area contributed by atoms with Crippen molar-refractivity contribution < 1.29 is 0 Å². The molecule has 0 saturated carbocycles. The molecular weight excluding hydrogens is 240 g/mol. The maximum absolute atomic E-state index is 11.4. The van der Waals surface area contributed by atoms with Crippen LogP contribution in [0.2, 0.25) is 0 Å². The minimum absolute atomic E-state index is 0.225. The number of hydrogen-bond acceptors (Lipinski definition) is 4. The Morgan fingerprint density at radius 2 is 1.95 bits per heavy atom. The van der Waals surface area contributed by atoms with Crippen LogP contribution >= 0.6 is 0 Å². The average molecular weight is 258 g/mol. The zero-order valence-corrected chi connectivity index (χ0v) is 11.2. The molecule has 2 rings (SSSR count). The maximum atomic E-state index is 11.4. The Labute approximate surface area is 112 Å². The Kier molecular flexibility index (Phi) is 4.28. The zero-order chi connectivity index (χ0) is 13.7. The SMILES string of the molecule is CCCCc1ccc(Nc2nnc(C)c(=O)[nH]2)cc1. The number of anilines is 2. The number of hydrogen-bond donors (Lipinski definition) is 2. The first-order valence-electron chi connectivity index (χ1n) is 6.48. The summed E-state index contributed by atoms with van der Waals surface area (Å²) in [4.78, 5) is 14.0. The normalized spacial score (nSPS) is 10.4. The van der Waals surface area contributed by atoms with Crippen LogP contribution in [0.5, 0.6) is 0 Å². The highest BCUT2D eigenvalue weighted by atomic mass is 16.1. The largest absolute Gasteiger partial charge is 0.324 e. The summed E-state index contributed by atoms with van der Waals surface area (Å²) >= 11 is 0. The summed E-state index contributed by atoms with van der Waals surface area (Å²) in [6, 6.07) is 8.12. The third-order valence-electron chi connectivity index (χ3n) is 2.90. The molecule has 0 unspecified atom stereocenters. The first-order valence-corrected chi connectivity index (χ1v) is 6.48. The average Bonchev–Trinajstić information content (AvgIpc) is 2.42. The number of nitrogens with one attached hydrogen (secondary N) is 2. The molecule has 0 atom stereocenters. The molecule has 2 N–H and O–H groups in total. The lowest BCUT2D eigenvalue weighted by molar-refractivity contribution is 0.795. The third-order valence-corrected chi connectivity index (χ3v) is 2.90. The topological polar surface area (TPSA) is 70.7 Å². The summed E-state index contributed by atoms with van der Waals surface area (Å²) in [7, 11) is 0. The van der Waals surface area contributed by atoms with Crippen molar-refractivity contribution in [3.63, 3.8) is 0 Å². The fourth-order valence-electron chi connectivity index (χ4n) is 1.72. The number of unbranched alkanes of at least 4 members (excludes halogenated alkanes) is 1. The predicted molar refractivity (Wildman–Crippen MR) is 75.7 cm³/mol. The van der Waals surface area contributed by atoms with E-state index in [9.17, 15) is 4.79 Å². The van der Waals surface area contributed by atoms with E-state index in [1.807, 2.05) is 12.1 Å². The Bertz CT molecular complexity index is 589. The summed E-state index contributed by atoms with van der Waals surface area (Å²) in [5.74, 6) is 0.358. The van der Waals surface area contributed by atoms with Crippen LogP contribution in [-0.4, -0.2) is 15.2 Å². The van der Waals surface area contributed by atoms with Crippen LogP contribution in [0.15, 0.2) is 29.1 Å². The van der Waals surface area contributed by atoms with Gasteiger partial charge in [-0.2, -0.15) is 0 Å². The third kappa shape index (κ3) is 3.64. The quantitative estimate of drug-likeness (QED) is 0.864. The number of H-pyrrole nitrogens is 1. The van der Waals surface area contributed by atoms with Gasteiger partial charge in [0.15, 0.2) is 0 Å². The molecule has 0 saturated heterocycles. The van der Waals surface area contributed by atoms with E-state index in [1.165, 1.54) is 18.4 Å². The summed E-state index contributed by atoms with van der Waals surface area (Å²) in [5, 5.41) is 10.7. The van der Waals surface area contributed by atoms with Gasteiger partial charge in [-0.15, -0.1) is 10.2 Å². The van der Waals surface area contributed by atoms with Gasteiger partial charge in [-0.25, -0.2) is 0 Å². The van der Waals surface area contributed by atoms with Gasteiger partial charge < -0.3 is 5.32 Å². The minimum Gasteiger partial charge on any atom is -0.324 e. The van der Waals surface area contributed by atoms with Gasteiger partial charge in [-0.3, -0.25) is 9.78 Å². The molecule has 0 bridgehead atoms. The number of aromatic nitrogens is 3. The number of rotatable bonds is 5. The molecule has 100 valence electrons. The van der Waals surface area contributed by atoms with Crippen molar-refractivity contribution in [2.75, 3.05) is 5.32 Å². The Morgan fingerprint density at radius 3 is 2.58 bits per heavy atom. The molecule has 1 aromatic carbocycles. The van der Waals surface area contributed by atoms with Crippen molar-refractivity contribution in [3.8, 4) is 0 Å². The van der Waals surface area contributed by atoms with Crippen molar-refractivity contribution in [3.05, 3.63) is 45.9 Å². The standard InChI is InChI=1S/C14H18N4O/c1-3-4-5-11-6-8-12(9-7-11)15-14-16-13(19)10(2)17-18-14/h6-9H,3-5H2,1-2H3,(H2,15,16,18,19). The van der Waals surface area contributed by atoms with Crippen LogP contribution in [0.4, 0.5) is 11.6 Å². The van der Waals surface area contributed by atoms with Gasteiger partial charge in [0.25, 0.3) is 5.56 Å². The predicted octanol–water partition coefficient (Wildman–Crippen LogP) is 2.56. The molecule has 0 spiro atoms. The van der Waals surface area contributed by atoms with Gasteiger partial charge in [-0.1, -0.05) is 25.5 Å². The second-order valence-electron chi connectivity index (χ2n) is 4.51. The van der Waals surface area contributed by atoms with Crippen molar-refractivity contribution in [1.82, 2.24) is 15.2 Å². The highest BCUT2D eigenvalue weighted by molar-refractivity contribution is 5.53. The zero-order valence-electron chi connectivity index (χ0n) is 11.2. The Hall–Kier alpha value is -2.17. The smallest absolute Gasteiger partial charge is 0.273 e. The Balaban J connectivity index is 2.06. The number of benzene rings is 1. The molecule has 0 aliphatic carbocycles. The van der Waals surface area contributed by atoms with Crippen LogP contribution < -0.4 is 10.9 Å². The van der Waals surface area contributed by atoms with Gasteiger partial charge in [0.1, 0.15) is 5.69 Å². The minimum atomic E-state index is -0.225. The Morgan fingerprint density at radius 1 is 1.21 bits per heavy atom. The molecule has 0 amide bonds. The molecule has 0 aliphatic heterocycles. The first kappa shape index (κ1) is 13.3. The lowest BCUT2D eigenvalue weighted by Crippen LogP contribution is -2.15. The number of nitrogens with zero attached hydrogens (tertiary/aromatic N) is 2. The van der Waals surface area contributed by atoms with Crippen LogP contribution in [0, 0.1) is 6.92 Å². The fraction of sp³-hybridized carbons (Fsp3) is 0.357. The molecule has 0 radical (unpaired) electrons. The van der Waals surface area contributed by atoms with E-state index in [0.29, 0.717) is 11.6 Å². The van der Waals surface area contributed by atoms with Crippen molar-refractivity contribution >= 4 is 11.6 Å². The summed E-state index contributed by atoms with van der Waals surface area (Å²) in [5.41, 5.74) is 2.34. The van der Waals surface area contributed by atoms with E-state index >= 15 is 0 Å².